The van der Waals surface area contributed by atoms with Crippen molar-refractivity contribution >= 4 is 27.3 Å². The molecule has 0 spiro atoms. The normalized spacial score (nSPS) is 17.9. The minimum Gasteiger partial charge on any atom is -0.508 e. The Balaban J connectivity index is 1.51. The second kappa shape index (κ2) is 9.98. The quantitative estimate of drug-likeness (QED) is 0.507. The average molecular weight is 489 g/mol. The number of amides is 1. The number of nitro groups is 1. The van der Waals surface area contributed by atoms with Gasteiger partial charge in [-0.05, 0) is 43.2 Å². The van der Waals surface area contributed by atoms with E-state index >= 15 is 0 Å². The molecule has 11 heteroatoms. The molecule has 2 aliphatic rings. The standard InChI is InChI=1S/C23H28N4O6S/c28-19-7-5-6-18(16-19)23(29)25-14-12-24(13-15-25)21-9-8-20(17-22(21)27(30)31)34(32,33)26-10-3-1-2-4-11-26/h5-9,16-17,28H,1-4,10-15H2. The SMILES string of the molecule is O=C(c1cccc(O)c1)N1CCN(c2ccc(S(=O)(=O)N3CCCCCC3)cc2[N+](=O)[O-])CC1. The fourth-order valence-electron chi connectivity index (χ4n) is 4.48. The summed E-state index contributed by atoms with van der Waals surface area (Å²) >= 11 is 0. The number of nitro benzene ring substituents is 1. The molecule has 10 nitrogen and oxygen atoms in total. The van der Waals surface area contributed by atoms with Crippen molar-refractivity contribution in [3.8, 4) is 5.75 Å². The van der Waals surface area contributed by atoms with Crippen molar-refractivity contribution in [1.29, 1.82) is 0 Å². The van der Waals surface area contributed by atoms with Gasteiger partial charge in [0.2, 0.25) is 10.0 Å². The zero-order valence-electron chi connectivity index (χ0n) is 18.8. The minimum absolute atomic E-state index is 0.00956. The molecule has 4 rings (SSSR count). The minimum atomic E-state index is -3.81. The van der Waals surface area contributed by atoms with E-state index in [-0.39, 0.29) is 22.2 Å². The third kappa shape index (κ3) is 5.00. The van der Waals surface area contributed by atoms with E-state index in [1.165, 1.54) is 28.6 Å². The van der Waals surface area contributed by atoms with Crippen LogP contribution in [0.2, 0.25) is 0 Å². The van der Waals surface area contributed by atoms with Gasteiger partial charge in [0.1, 0.15) is 11.4 Å². The Bertz CT molecular complexity index is 1170. The molecule has 1 N–H and O–H groups in total. The maximum absolute atomic E-state index is 13.1. The molecular weight excluding hydrogens is 460 g/mol. The highest BCUT2D eigenvalue weighted by atomic mass is 32.2. The molecule has 0 bridgehead atoms. The van der Waals surface area contributed by atoms with Gasteiger partial charge in [0.25, 0.3) is 11.6 Å². The van der Waals surface area contributed by atoms with Gasteiger partial charge >= 0.3 is 0 Å². The van der Waals surface area contributed by atoms with Crippen LogP contribution in [0.4, 0.5) is 11.4 Å². The molecule has 0 saturated carbocycles. The van der Waals surface area contributed by atoms with Gasteiger partial charge in [0.05, 0.1) is 9.82 Å². The predicted octanol–water partition coefficient (Wildman–Crippen LogP) is 2.83. The number of phenols is 1. The molecule has 0 radical (unpaired) electrons. The molecule has 0 atom stereocenters. The maximum atomic E-state index is 13.1. The number of phenolic OH excluding ortho intramolecular Hbond substituents is 1. The fourth-order valence-corrected chi connectivity index (χ4v) is 6.02. The first-order valence-corrected chi connectivity index (χ1v) is 12.8. The van der Waals surface area contributed by atoms with E-state index in [1.807, 2.05) is 0 Å². The summed E-state index contributed by atoms with van der Waals surface area (Å²) in [6.45, 7) is 2.27. The molecule has 0 unspecified atom stereocenters. The third-order valence-corrected chi connectivity index (χ3v) is 8.24. The zero-order valence-corrected chi connectivity index (χ0v) is 19.6. The van der Waals surface area contributed by atoms with Crippen LogP contribution in [0.1, 0.15) is 36.0 Å². The maximum Gasteiger partial charge on any atom is 0.293 e. The van der Waals surface area contributed by atoms with Crippen LogP contribution in [0.3, 0.4) is 0 Å². The van der Waals surface area contributed by atoms with Gasteiger partial charge in [-0.1, -0.05) is 18.9 Å². The molecule has 2 saturated heterocycles. The van der Waals surface area contributed by atoms with Crippen molar-refractivity contribution in [3.05, 3.63) is 58.1 Å². The largest absolute Gasteiger partial charge is 0.508 e. The number of carbonyl (C=O) groups excluding carboxylic acids is 1. The molecular formula is C23H28N4O6S. The zero-order chi connectivity index (χ0) is 24.3. The Labute approximate surface area is 198 Å². The van der Waals surface area contributed by atoms with Gasteiger partial charge in [0.15, 0.2) is 0 Å². The summed E-state index contributed by atoms with van der Waals surface area (Å²) in [5.41, 5.74) is 0.454. The number of hydrogen-bond donors (Lipinski definition) is 1. The van der Waals surface area contributed by atoms with Crippen molar-refractivity contribution in [2.24, 2.45) is 0 Å². The molecule has 2 fully saturated rings. The number of nitrogens with zero attached hydrogens (tertiary/aromatic N) is 4. The Kier molecular flexibility index (Phi) is 7.03. The van der Waals surface area contributed by atoms with E-state index in [4.69, 9.17) is 0 Å². The lowest BCUT2D eigenvalue weighted by atomic mass is 10.1. The van der Waals surface area contributed by atoms with Crippen LogP contribution >= 0.6 is 0 Å². The van der Waals surface area contributed by atoms with E-state index in [2.05, 4.69) is 0 Å². The summed E-state index contributed by atoms with van der Waals surface area (Å²) in [4.78, 5) is 27.4. The summed E-state index contributed by atoms with van der Waals surface area (Å²) in [5.74, 6) is -0.209. The highest BCUT2D eigenvalue weighted by molar-refractivity contribution is 7.89. The number of carbonyl (C=O) groups is 1. The van der Waals surface area contributed by atoms with Gasteiger partial charge in [-0.2, -0.15) is 4.31 Å². The Morgan fingerprint density at radius 1 is 0.912 bits per heavy atom. The van der Waals surface area contributed by atoms with Gasteiger partial charge in [-0.15, -0.1) is 0 Å². The van der Waals surface area contributed by atoms with E-state index in [1.54, 1.807) is 21.9 Å². The van der Waals surface area contributed by atoms with Crippen molar-refractivity contribution in [2.75, 3.05) is 44.2 Å². The van der Waals surface area contributed by atoms with Crippen molar-refractivity contribution in [1.82, 2.24) is 9.21 Å². The molecule has 182 valence electrons. The Morgan fingerprint density at radius 2 is 1.59 bits per heavy atom. The number of rotatable bonds is 5. The fraction of sp³-hybridized carbons (Fsp3) is 0.435. The summed E-state index contributed by atoms with van der Waals surface area (Å²) in [6.07, 6.45) is 3.52. The smallest absolute Gasteiger partial charge is 0.293 e. The van der Waals surface area contributed by atoms with Crippen LogP contribution in [-0.2, 0) is 10.0 Å². The Morgan fingerprint density at radius 3 is 2.21 bits per heavy atom. The van der Waals surface area contributed by atoms with Crippen molar-refractivity contribution in [2.45, 2.75) is 30.6 Å². The van der Waals surface area contributed by atoms with Gasteiger partial charge in [0, 0.05) is 50.9 Å². The van der Waals surface area contributed by atoms with Crippen LogP contribution in [0, 0.1) is 10.1 Å². The van der Waals surface area contributed by atoms with Crippen LogP contribution in [0.15, 0.2) is 47.4 Å². The second-order valence-electron chi connectivity index (χ2n) is 8.56. The van der Waals surface area contributed by atoms with E-state index in [0.717, 1.165) is 31.7 Å². The molecule has 2 aliphatic heterocycles. The first kappa shape index (κ1) is 24.0. The van der Waals surface area contributed by atoms with E-state index in [0.29, 0.717) is 50.5 Å². The molecule has 34 heavy (non-hydrogen) atoms. The third-order valence-electron chi connectivity index (χ3n) is 6.35. The number of sulfonamides is 1. The van der Waals surface area contributed by atoms with Crippen LogP contribution in [0.5, 0.6) is 5.75 Å². The van der Waals surface area contributed by atoms with Gasteiger partial charge in [-0.25, -0.2) is 8.42 Å². The van der Waals surface area contributed by atoms with Gasteiger partial charge < -0.3 is 14.9 Å². The van der Waals surface area contributed by atoms with Crippen LogP contribution in [-0.4, -0.2) is 72.8 Å². The summed E-state index contributed by atoms with van der Waals surface area (Å²) in [5, 5.41) is 21.5. The Hall–Kier alpha value is -3.18. The number of hydrogen-bond acceptors (Lipinski definition) is 7. The van der Waals surface area contributed by atoms with E-state index in [9.17, 15) is 28.4 Å². The molecule has 1 amide bonds. The lowest BCUT2D eigenvalue weighted by Gasteiger charge is -2.36. The van der Waals surface area contributed by atoms with Crippen molar-refractivity contribution in [3.63, 3.8) is 0 Å². The topological polar surface area (TPSA) is 124 Å². The van der Waals surface area contributed by atoms with Crippen LogP contribution < -0.4 is 4.90 Å². The lowest BCUT2D eigenvalue weighted by molar-refractivity contribution is -0.384. The summed E-state index contributed by atoms with van der Waals surface area (Å²) in [6, 6.07) is 10.2. The number of anilines is 1. The summed E-state index contributed by atoms with van der Waals surface area (Å²) < 4.78 is 27.6. The monoisotopic (exact) mass is 488 g/mol. The first-order valence-electron chi connectivity index (χ1n) is 11.4. The second-order valence-corrected chi connectivity index (χ2v) is 10.5. The number of piperazine rings is 1. The van der Waals surface area contributed by atoms with E-state index < -0.39 is 14.9 Å². The predicted molar refractivity (Wildman–Crippen MR) is 127 cm³/mol. The number of benzene rings is 2. The number of aromatic hydroxyl groups is 1. The lowest BCUT2D eigenvalue weighted by Crippen LogP contribution is -2.49. The average Bonchev–Trinajstić information content (AvgIpc) is 3.14. The summed E-state index contributed by atoms with van der Waals surface area (Å²) in [7, 11) is -3.81. The molecule has 0 aliphatic carbocycles. The molecule has 2 aromatic carbocycles. The van der Waals surface area contributed by atoms with Crippen LogP contribution in [0.25, 0.3) is 0 Å². The van der Waals surface area contributed by atoms with Crippen molar-refractivity contribution < 1.29 is 23.2 Å². The van der Waals surface area contributed by atoms with Gasteiger partial charge in [-0.3, -0.25) is 14.9 Å². The highest BCUT2D eigenvalue weighted by Crippen LogP contribution is 2.33. The highest BCUT2D eigenvalue weighted by Gasteiger charge is 2.31. The molecule has 2 aromatic rings. The molecule has 2 heterocycles. The first-order chi connectivity index (χ1) is 16.3. The molecule has 0 aromatic heterocycles.